The molecule has 0 unspecified atom stereocenters. The Morgan fingerprint density at radius 2 is 1.88 bits per heavy atom. The van der Waals surface area contributed by atoms with E-state index in [1.54, 1.807) is 12.3 Å². The normalized spacial score (nSPS) is 16.9. The van der Waals surface area contributed by atoms with Crippen molar-refractivity contribution in [3.05, 3.63) is 23.8 Å². The van der Waals surface area contributed by atoms with E-state index in [0.717, 1.165) is 13.1 Å². The van der Waals surface area contributed by atoms with Crippen LogP contribution in [0.3, 0.4) is 0 Å². The SMILES string of the molecule is Oc1ccc(C=NN2CCCCC2)c(O)c1. The molecule has 1 aromatic carbocycles. The minimum absolute atomic E-state index is 0.0563. The molecule has 0 radical (unpaired) electrons. The van der Waals surface area contributed by atoms with Crippen molar-refractivity contribution in [2.24, 2.45) is 5.10 Å². The molecule has 4 nitrogen and oxygen atoms in total. The number of benzene rings is 1. The van der Waals surface area contributed by atoms with Crippen molar-refractivity contribution >= 4 is 6.21 Å². The van der Waals surface area contributed by atoms with Crippen LogP contribution >= 0.6 is 0 Å². The average molecular weight is 220 g/mol. The van der Waals surface area contributed by atoms with Gasteiger partial charge in [0.05, 0.1) is 6.21 Å². The zero-order chi connectivity index (χ0) is 11.4. The standard InChI is InChI=1S/C12H16N2O2/c15-11-5-4-10(12(16)8-11)9-13-14-6-2-1-3-7-14/h4-5,8-9,15-16H,1-3,6-7H2. The second-order valence-corrected chi connectivity index (χ2v) is 4.00. The van der Waals surface area contributed by atoms with E-state index in [9.17, 15) is 5.11 Å². The van der Waals surface area contributed by atoms with E-state index >= 15 is 0 Å². The van der Waals surface area contributed by atoms with Gasteiger partial charge in [-0.15, -0.1) is 0 Å². The van der Waals surface area contributed by atoms with E-state index in [1.807, 2.05) is 5.01 Å². The highest BCUT2D eigenvalue weighted by Crippen LogP contribution is 2.21. The van der Waals surface area contributed by atoms with Crippen LogP contribution in [0.2, 0.25) is 0 Å². The van der Waals surface area contributed by atoms with E-state index in [1.165, 1.54) is 31.4 Å². The summed E-state index contributed by atoms with van der Waals surface area (Å²) < 4.78 is 0. The maximum Gasteiger partial charge on any atom is 0.128 e. The molecule has 86 valence electrons. The highest BCUT2D eigenvalue weighted by atomic mass is 16.3. The molecule has 1 heterocycles. The first-order valence-corrected chi connectivity index (χ1v) is 5.56. The molecule has 4 heteroatoms. The van der Waals surface area contributed by atoms with Crippen LogP contribution in [0.5, 0.6) is 11.5 Å². The number of nitrogens with zero attached hydrogens (tertiary/aromatic N) is 2. The molecular formula is C12H16N2O2. The van der Waals surface area contributed by atoms with Crippen molar-refractivity contribution in [3.63, 3.8) is 0 Å². The third-order valence-corrected chi connectivity index (χ3v) is 2.71. The topological polar surface area (TPSA) is 56.1 Å². The minimum atomic E-state index is 0.0563. The summed E-state index contributed by atoms with van der Waals surface area (Å²) in [4.78, 5) is 0. The molecule has 0 saturated carbocycles. The van der Waals surface area contributed by atoms with Crippen LogP contribution in [-0.2, 0) is 0 Å². The zero-order valence-electron chi connectivity index (χ0n) is 9.13. The molecule has 0 aliphatic carbocycles. The molecule has 1 aliphatic heterocycles. The predicted octanol–water partition coefficient (Wildman–Crippen LogP) is 1.92. The lowest BCUT2D eigenvalue weighted by Gasteiger charge is -2.23. The van der Waals surface area contributed by atoms with Crippen LogP contribution in [0.25, 0.3) is 0 Å². The molecule has 0 atom stereocenters. The van der Waals surface area contributed by atoms with E-state index in [0.29, 0.717) is 5.56 Å². The van der Waals surface area contributed by atoms with Crippen LogP contribution in [0, 0.1) is 0 Å². The monoisotopic (exact) mass is 220 g/mol. The van der Waals surface area contributed by atoms with Gasteiger partial charge >= 0.3 is 0 Å². The summed E-state index contributed by atoms with van der Waals surface area (Å²) >= 11 is 0. The Bertz CT molecular complexity index is 385. The number of hydrazone groups is 1. The Labute approximate surface area is 94.8 Å². The van der Waals surface area contributed by atoms with Crippen LogP contribution in [0.4, 0.5) is 0 Å². The zero-order valence-corrected chi connectivity index (χ0v) is 9.13. The molecule has 1 aliphatic rings. The molecule has 0 spiro atoms. The molecule has 0 aromatic heterocycles. The summed E-state index contributed by atoms with van der Waals surface area (Å²) in [6.07, 6.45) is 5.27. The molecular weight excluding hydrogens is 204 g/mol. The lowest BCUT2D eigenvalue weighted by atomic mass is 10.2. The number of hydrogen-bond donors (Lipinski definition) is 2. The first-order chi connectivity index (χ1) is 7.75. The molecule has 16 heavy (non-hydrogen) atoms. The molecule has 1 aromatic rings. The van der Waals surface area contributed by atoms with E-state index in [4.69, 9.17) is 5.11 Å². The number of rotatable bonds is 2. The van der Waals surface area contributed by atoms with Gasteiger partial charge in [-0.25, -0.2) is 0 Å². The molecule has 1 fully saturated rings. The molecule has 1 saturated heterocycles. The fraction of sp³-hybridized carbons (Fsp3) is 0.417. The van der Waals surface area contributed by atoms with Gasteiger partial charge in [-0.2, -0.15) is 5.10 Å². The first kappa shape index (κ1) is 10.8. The summed E-state index contributed by atoms with van der Waals surface area (Å²) in [5.41, 5.74) is 0.628. The summed E-state index contributed by atoms with van der Waals surface area (Å²) in [7, 11) is 0. The second-order valence-electron chi connectivity index (χ2n) is 4.00. The fourth-order valence-electron chi connectivity index (χ4n) is 1.78. The van der Waals surface area contributed by atoms with Crippen molar-refractivity contribution < 1.29 is 10.2 Å². The third kappa shape index (κ3) is 2.66. The summed E-state index contributed by atoms with van der Waals surface area (Å²) in [6, 6.07) is 4.51. The number of phenols is 2. The molecule has 2 rings (SSSR count). The van der Waals surface area contributed by atoms with Crippen molar-refractivity contribution in [1.29, 1.82) is 0 Å². The molecule has 0 bridgehead atoms. The Morgan fingerprint density at radius 3 is 2.56 bits per heavy atom. The summed E-state index contributed by atoms with van der Waals surface area (Å²) in [5, 5.41) is 25.0. The van der Waals surface area contributed by atoms with Crippen LogP contribution in [0.15, 0.2) is 23.3 Å². The lowest BCUT2D eigenvalue weighted by molar-refractivity contribution is 0.240. The quantitative estimate of drug-likeness (QED) is 0.749. The first-order valence-electron chi connectivity index (χ1n) is 5.56. The number of phenolic OH excluding ortho intramolecular Hbond substituents is 2. The highest BCUT2D eigenvalue weighted by molar-refractivity contribution is 5.83. The van der Waals surface area contributed by atoms with Gasteiger partial charge in [0.2, 0.25) is 0 Å². The number of aromatic hydroxyl groups is 2. The lowest BCUT2D eigenvalue weighted by Crippen LogP contribution is -2.24. The maximum atomic E-state index is 9.55. The van der Waals surface area contributed by atoms with Crippen LogP contribution in [-0.4, -0.2) is 34.5 Å². The van der Waals surface area contributed by atoms with Gasteiger partial charge in [-0.1, -0.05) is 0 Å². The smallest absolute Gasteiger partial charge is 0.128 e. The van der Waals surface area contributed by atoms with E-state index in [2.05, 4.69) is 5.10 Å². The second kappa shape index (κ2) is 4.88. The maximum absolute atomic E-state index is 9.55. The van der Waals surface area contributed by atoms with Gasteiger partial charge in [-0.05, 0) is 31.4 Å². The largest absolute Gasteiger partial charge is 0.508 e. The van der Waals surface area contributed by atoms with Gasteiger partial charge < -0.3 is 10.2 Å². The van der Waals surface area contributed by atoms with Crippen LogP contribution < -0.4 is 0 Å². The van der Waals surface area contributed by atoms with Gasteiger partial charge in [0.15, 0.2) is 0 Å². The third-order valence-electron chi connectivity index (χ3n) is 2.71. The van der Waals surface area contributed by atoms with Crippen molar-refractivity contribution in [3.8, 4) is 11.5 Å². The Kier molecular flexibility index (Phi) is 3.29. The van der Waals surface area contributed by atoms with E-state index in [-0.39, 0.29) is 11.5 Å². The van der Waals surface area contributed by atoms with Crippen molar-refractivity contribution in [2.45, 2.75) is 19.3 Å². The molecule has 0 amide bonds. The summed E-state index contributed by atoms with van der Waals surface area (Å²) in [6.45, 7) is 1.96. The number of piperidine rings is 1. The Morgan fingerprint density at radius 1 is 1.12 bits per heavy atom. The van der Waals surface area contributed by atoms with E-state index < -0.39 is 0 Å². The number of hydrogen-bond acceptors (Lipinski definition) is 4. The highest BCUT2D eigenvalue weighted by Gasteiger charge is 2.06. The van der Waals surface area contributed by atoms with Crippen LogP contribution in [0.1, 0.15) is 24.8 Å². The minimum Gasteiger partial charge on any atom is -0.508 e. The average Bonchev–Trinajstić information content (AvgIpc) is 2.29. The van der Waals surface area contributed by atoms with Gasteiger partial charge in [0.25, 0.3) is 0 Å². The molecule has 2 N–H and O–H groups in total. The van der Waals surface area contributed by atoms with Gasteiger partial charge in [0.1, 0.15) is 11.5 Å². The Hall–Kier alpha value is -1.71. The summed E-state index contributed by atoms with van der Waals surface area (Å²) in [5.74, 6) is 0.119. The predicted molar refractivity (Wildman–Crippen MR) is 62.8 cm³/mol. The van der Waals surface area contributed by atoms with Gasteiger partial charge in [0, 0.05) is 24.7 Å². The van der Waals surface area contributed by atoms with Crippen molar-refractivity contribution in [2.75, 3.05) is 13.1 Å². The Balaban J connectivity index is 2.04. The van der Waals surface area contributed by atoms with Gasteiger partial charge in [-0.3, -0.25) is 5.01 Å². The fourth-order valence-corrected chi connectivity index (χ4v) is 1.78. The van der Waals surface area contributed by atoms with Crippen molar-refractivity contribution in [1.82, 2.24) is 5.01 Å².